The standard InChI is InChI=1S/C15H24N4O/c16-15(17-20)8-11-19(14-6-2-1-3-7-14)13-12-18-9-4-5-10-18/h1-3,6-7,20H,4-5,8-13H2,(H2,16,17). The van der Waals surface area contributed by atoms with Gasteiger partial charge in [0, 0.05) is 31.7 Å². The van der Waals surface area contributed by atoms with E-state index >= 15 is 0 Å². The summed E-state index contributed by atoms with van der Waals surface area (Å²) in [5.74, 6) is 0.284. The molecule has 0 bridgehead atoms. The molecule has 0 amide bonds. The quantitative estimate of drug-likeness (QED) is 0.344. The maximum Gasteiger partial charge on any atom is 0.140 e. The molecule has 0 atom stereocenters. The first-order valence-corrected chi connectivity index (χ1v) is 7.28. The molecule has 2 rings (SSSR count). The Morgan fingerprint density at radius 3 is 2.55 bits per heavy atom. The molecule has 1 aliphatic rings. The van der Waals surface area contributed by atoms with Crippen molar-refractivity contribution in [3.05, 3.63) is 30.3 Å². The lowest BCUT2D eigenvalue weighted by atomic mass is 10.2. The number of oxime groups is 1. The summed E-state index contributed by atoms with van der Waals surface area (Å²) in [6.07, 6.45) is 3.20. The van der Waals surface area contributed by atoms with Crippen molar-refractivity contribution in [1.82, 2.24) is 4.90 Å². The number of benzene rings is 1. The molecule has 3 N–H and O–H groups in total. The summed E-state index contributed by atoms with van der Waals surface area (Å²) in [7, 11) is 0. The molecule has 1 aliphatic heterocycles. The maximum atomic E-state index is 8.66. The van der Waals surface area contributed by atoms with Gasteiger partial charge >= 0.3 is 0 Å². The molecule has 1 heterocycles. The molecular formula is C15H24N4O. The van der Waals surface area contributed by atoms with Gasteiger partial charge in [-0.25, -0.2) is 0 Å². The molecular weight excluding hydrogens is 252 g/mol. The van der Waals surface area contributed by atoms with Crippen molar-refractivity contribution in [3.63, 3.8) is 0 Å². The van der Waals surface area contributed by atoms with Crippen LogP contribution in [0.5, 0.6) is 0 Å². The number of anilines is 1. The van der Waals surface area contributed by atoms with E-state index in [-0.39, 0.29) is 5.84 Å². The second-order valence-corrected chi connectivity index (χ2v) is 5.21. The Labute approximate surface area is 120 Å². The Kier molecular flexibility index (Phi) is 5.68. The molecule has 0 aliphatic carbocycles. The minimum absolute atomic E-state index is 0.284. The maximum absolute atomic E-state index is 8.66. The van der Waals surface area contributed by atoms with Gasteiger partial charge in [0.25, 0.3) is 0 Å². The van der Waals surface area contributed by atoms with E-state index in [0.29, 0.717) is 6.42 Å². The second kappa shape index (κ2) is 7.75. The topological polar surface area (TPSA) is 65.1 Å². The van der Waals surface area contributed by atoms with Gasteiger partial charge < -0.3 is 20.7 Å². The van der Waals surface area contributed by atoms with Crippen LogP contribution in [0.1, 0.15) is 19.3 Å². The second-order valence-electron chi connectivity index (χ2n) is 5.21. The summed E-state index contributed by atoms with van der Waals surface area (Å²) >= 11 is 0. The highest BCUT2D eigenvalue weighted by Gasteiger charge is 2.13. The molecule has 1 aromatic rings. The number of nitrogens with two attached hydrogens (primary N) is 1. The van der Waals surface area contributed by atoms with E-state index in [4.69, 9.17) is 10.9 Å². The van der Waals surface area contributed by atoms with Crippen molar-refractivity contribution in [2.75, 3.05) is 37.6 Å². The van der Waals surface area contributed by atoms with Gasteiger partial charge in [-0.1, -0.05) is 23.4 Å². The molecule has 5 heteroatoms. The Balaban J connectivity index is 1.92. The summed E-state index contributed by atoms with van der Waals surface area (Å²) in [4.78, 5) is 4.80. The van der Waals surface area contributed by atoms with Gasteiger partial charge in [0.2, 0.25) is 0 Å². The average Bonchev–Trinajstić information content (AvgIpc) is 3.01. The van der Waals surface area contributed by atoms with Crippen LogP contribution < -0.4 is 10.6 Å². The van der Waals surface area contributed by atoms with Crippen molar-refractivity contribution in [3.8, 4) is 0 Å². The summed E-state index contributed by atoms with van der Waals surface area (Å²) in [6.45, 7) is 5.24. The fourth-order valence-corrected chi connectivity index (χ4v) is 2.58. The lowest BCUT2D eigenvalue weighted by molar-refractivity contribution is 0.316. The van der Waals surface area contributed by atoms with Crippen molar-refractivity contribution < 1.29 is 5.21 Å². The summed E-state index contributed by atoms with van der Waals surface area (Å²) in [6, 6.07) is 10.3. The molecule has 1 fully saturated rings. The van der Waals surface area contributed by atoms with Crippen LogP contribution in [-0.4, -0.2) is 48.7 Å². The van der Waals surface area contributed by atoms with Crippen LogP contribution in [0, 0.1) is 0 Å². The minimum Gasteiger partial charge on any atom is -0.409 e. The monoisotopic (exact) mass is 276 g/mol. The lowest BCUT2D eigenvalue weighted by Crippen LogP contribution is -2.35. The number of amidine groups is 1. The normalized spacial score (nSPS) is 16.5. The van der Waals surface area contributed by atoms with Crippen LogP contribution >= 0.6 is 0 Å². The number of para-hydroxylation sites is 1. The zero-order valence-corrected chi connectivity index (χ0v) is 11.9. The first kappa shape index (κ1) is 14.7. The molecule has 5 nitrogen and oxygen atoms in total. The molecule has 110 valence electrons. The number of hydrogen-bond donors (Lipinski definition) is 2. The Hall–Kier alpha value is -1.75. The van der Waals surface area contributed by atoms with Crippen LogP contribution in [0.4, 0.5) is 5.69 Å². The van der Waals surface area contributed by atoms with E-state index in [2.05, 4.69) is 27.1 Å². The summed E-state index contributed by atoms with van der Waals surface area (Å²) in [5.41, 5.74) is 6.77. The number of nitrogens with zero attached hydrogens (tertiary/aromatic N) is 3. The third-order valence-corrected chi connectivity index (χ3v) is 3.77. The van der Waals surface area contributed by atoms with Crippen LogP contribution in [0.15, 0.2) is 35.5 Å². The Morgan fingerprint density at radius 1 is 1.20 bits per heavy atom. The van der Waals surface area contributed by atoms with Gasteiger partial charge in [0.05, 0.1) is 0 Å². The van der Waals surface area contributed by atoms with Crippen LogP contribution in [0.3, 0.4) is 0 Å². The van der Waals surface area contributed by atoms with Crippen LogP contribution in [0.2, 0.25) is 0 Å². The molecule has 1 saturated heterocycles. The van der Waals surface area contributed by atoms with Crippen molar-refractivity contribution in [2.24, 2.45) is 10.9 Å². The third-order valence-electron chi connectivity index (χ3n) is 3.77. The van der Waals surface area contributed by atoms with Crippen molar-refractivity contribution in [1.29, 1.82) is 0 Å². The Morgan fingerprint density at radius 2 is 1.90 bits per heavy atom. The predicted molar refractivity (Wildman–Crippen MR) is 82.4 cm³/mol. The largest absolute Gasteiger partial charge is 0.409 e. The first-order valence-electron chi connectivity index (χ1n) is 7.28. The summed E-state index contributed by atoms with van der Waals surface area (Å²) < 4.78 is 0. The predicted octanol–water partition coefficient (Wildman–Crippen LogP) is 1.73. The highest BCUT2D eigenvalue weighted by molar-refractivity contribution is 5.80. The zero-order chi connectivity index (χ0) is 14.2. The van der Waals surface area contributed by atoms with Crippen molar-refractivity contribution >= 4 is 11.5 Å². The third kappa shape index (κ3) is 4.42. The van der Waals surface area contributed by atoms with Gasteiger partial charge in [0.15, 0.2) is 0 Å². The van der Waals surface area contributed by atoms with Crippen molar-refractivity contribution in [2.45, 2.75) is 19.3 Å². The fraction of sp³-hybridized carbons (Fsp3) is 0.533. The van der Waals surface area contributed by atoms with Gasteiger partial charge in [-0.15, -0.1) is 0 Å². The van der Waals surface area contributed by atoms with Crippen LogP contribution in [-0.2, 0) is 0 Å². The fourth-order valence-electron chi connectivity index (χ4n) is 2.58. The van der Waals surface area contributed by atoms with E-state index in [9.17, 15) is 0 Å². The van der Waals surface area contributed by atoms with Gasteiger partial charge in [-0.2, -0.15) is 0 Å². The van der Waals surface area contributed by atoms with Crippen LogP contribution in [0.25, 0.3) is 0 Å². The number of likely N-dealkylation sites (tertiary alicyclic amines) is 1. The average molecular weight is 276 g/mol. The number of rotatable bonds is 7. The van der Waals surface area contributed by atoms with E-state index in [1.165, 1.54) is 31.6 Å². The van der Waals surface area contributed by atoms with Gasteiger partial charge in [-0.3, -0.25) is 0 Å². The lowest BCUT2D eigenvalue weighted by Gasteiger charge is -2.27. The first-order chi connectivity index (χ1) is 9.79. The highest BCUT2D eigenvalue weighted by atomic mass is 16.4. The van der Waals surface area contributed by atoms with E-state index in [1.807, 2.05) is 18.2 Å². The minimum atomic E-state index is 0.284. The summed E-state index contributed by atoms with van der Waals surface area (Å²) in [5, 5.41) is 11.7. The van der Waals surface area contributed by atoms with E-state index < -0.39 is 0 Å². The molecule has 1 aromatic carbocycles. The molecule has 0 radical (unpaired) electrons. The number of hydrogen-bond acceptors (Lipinski definition) is 4. The molecule has 0 unspecified atom stereocenters. The molecule has 0 saturated carbocycles. The molecule has 0 spiro atoms. The molecule has 0 aromatic heterocycles. The Bertz CT molecular complexity index is 415. The molecule has 20 heavy (non-hydrogen) atoms. The van der Waals surface area contributed by atoms with Gasteiger partial charge in [0.1, 0.15) is 5.84 Å². The van der Waals surface area contributed by atoms with E-state index in [1.54, 1.807) is 0 Å². The zero-order valence-electron chi connectivity index (χ0n) is 11.9. The smallest absolute Gasteiger partial charge is 0.140 e. The van der Waals surface area contributed by atoms with Gasteiger partial charge in [-0.05, 0) is 38.1 Å². The highest BCUT2D eigenvalue weighted by Crippen LogP contribution is 2.14. The van der Waals surface area contributed by atoms with E-state index in [0.717, 1.165) is 19.6 Å². The SMILES string of the molecule is N/C(CCN(CCN1CCCC1)c1ccccc1)=N/O.